The summed E-state index contributed by atoms with van der Waals surface area (Å²) in [6.07, 6.45) is 14.6. The first kappa shape index (κ1) is 19.2. The number of fused-ring (bicyclic) bond motifs is 9. The molecule has 1 saturated heterocycles. The Kier molecular flexibility index (Phi) is 3.35. The highest BCUT2D eigenvalue weighted by atomic mass is 16.6. The Balaban J connectivity index is 1.68. The lowest BCUT2D eigenvalue weighted by molar-refractivity contribution is -0.137. The lowest BCUT2D eigenvalue weighted by Gasteiger charge is -2.49. The van der Waals surface area contributed by atoms with E-state index < -0.39 is 16.5 Å². The molecule has 4 aliphatic heterocycles. The summed E-state index contributed by atoms with van der Waals surface area (Å²) in [6, 6.07) is 0. The molecule has 7 heteroatoms. The third-order valence-electron chi connectivity index (χ3n) is 8.36. The monoisotopic (exact) mass is 453 g/mol. The minimum atomic E-state index is -0.931. The number of carbonyl (C=O) groups is 1. The molecule has 1 aromatic heterocycles. The fourth-order valence-corrected chi connectivity index (χ4v) is 7.19. The number of nitrogens with zero attached hydrogens (tertiary/aromatic N) is 3. The molecule has 8 rings (SSSR count). The first-order valence-electron chi connectivity index (χ1n) is 11.9. The Labute approximate surface area is 195 Å². The SMILES string of the molecule is CO[C@@H]1[C@]2(C)/C=C\Cn3c4c(c5c6c(c7c(c53)[N+]1([O-])C1=C7C=C[C@@H](C1)O2)C=NC=6)C(=O)CCC=4. The smallest absolute Gasteiger partial charge is 0.235 e. The van der Waals surface area contributed by atoms with Gasteiger partial charge in [0, 0.05) is 59.6 Å². The number of aromatic nitrogens is 1. The molecule has 4 bridgehead atoms. The molecule has 1 aromatic carbocycles. The number of ketones is 1. The Bertz CT molecular complexity index is 1640. The van der Waals surface area contributed by atoms with Crippen molar-refractivity contribution in [3.63, 3.8) is 0 Å². The highest BCUT2D eigenvalue weighted by Crippen LogP contribution is 2.57. The van der Waals surface area contributed by atoms with Crippen molar-refractivity contribution in [1.29, 1.82) is 0 Å². The lowest BCUT2D eigenvalue weighted by atomic mass is 9.90. The first-order valence-corrected chi connectivity index (χ1v) is 11.9. The number of hydrogen-bond acceptors (Lipinski definition) is 5. The average molecular weight is 453 g/mol. The quantitative estimate of drug-likeness (QED) is 0.378. The van der Waals surface area contributed by atoms with E-state index in [2.05, 4.69) is 27.8 Å². The summed E-state index contributed by atoms with van der Waals surface area (Å²) < 4.78 is 14.0. The van der Waals surface area contributed by atoms with Crippen LogP contribution in [-0.2, 0) is 16.0 Å². The predicted octanol–water partition coefficient (Wildman–Crippen LogP) is 2.76. The van der Waals surface area contributed by atoms with Gasteiger partial charge in [-0.15, -0.1) is 0 Å². The number of methoxy groups -OCH3 is 1. The molecule has 34 heavy (non-hydrogen) atoms. The van der Waals surface area contributed by atoms with Crippen LogP contribution < -0.4 is 15.2 Å². The first-order chi connectivity index (χ1) is 16.5. The van der Waals surface area contributed by atoms with Crippen LogP contribution in [0.15, 0.2) is 35.0 Å². The standard InChI is InChI=1S/C27H23N3O4/c1-27-9-4-10-29-18-5-3-6-20(31)23(18)22-17-13-28-12-16(17)21-15-8-7-14(34-27)11-19(15)30(32,26(27)33-2)25(21)24(22)29/h4-5,7-9,12-14,26H,3,6,10-11H2,1-2H3/b9-4-/t14-,26+,27-,30?/m0/s1. The van der Waals surface area contributed by atoms with E-state index in [0.29, 0.717) is 31.5 Å². The molecule has 6 aliphatic rings. The van der Waals surface area contributed by atoms with E-state index in [0.717, 1.165) is 49.4 Å². The van der Waals surface area contributed by atoms with E-state index in [1.165, 1.54) is 0 Å². The lowest BCUT2D eigenvalue weighted by Crippen LogP contribution is -2.60. The van der Waals surface area contributed by atoms with E-state index >= 15 is 5.21 Å². The number of rotatable bonds is 1. The van der Waals surface area contributed by atoms with Gasteiger partial charge in [-0.05, 0) is 25.5 Å². The second-order valence-corrected chi connectivity index (χ2v) is 10.1. The Hall–Kier alpha value is -3.10. The second-order valence-electron chi connectivity index (χ2n) is 10.1. The van der Waals surface area contributed by atoms with Gasteiger partial charge in [-0.2, -0.15) is 0 Å². The minimum Gasteiger partial charge on any atom is -0.620 e. The average Bonchev–Trinajstić information content (AvgIpc) is 3.46. The van der Waals surface area contributed by atoms with Gasteiger partial charge in [0.1, 0.15) is 11.2 Å². The van der Waals surface area contributed by atoms with Crippen molar-refractivity contribution in [3.8, 4) is 0 Å². The van der Waals surface area contributed by atoms with Gasteiger partial charge in [-0.3, -0.25) is 14.4 Å². The molecular weight excluding hydrogens is 430 g/mol. The van der Waals surface area contributed by atoms with Crippen LogP contribution in [0.2, 0.25) is 0 Å². The van der Waals surface area contributed by atoms with Crippen molar-refractivity contribution < 1.29 is 14.3 Å². The van der Waals surface area contributed by atoms with Crippen LogP contribution in [0.3, 0.4) is 0 Å². The molecular formula is C27H23N3O4. The molecule has 0 saturated carbocycles. The van der Waals surface area contributed by atoms with Crippen LogP contribution >= 0.6 is 0 Å². The van der Waals surface area contributed by atoms with Crippen molar-refractivity contribution >= 4 is 46.4 Å². The van der Waals surface area contributed by atoms with Gasteiger partial charge >= 0.3 is 0 Å². The number of ether oxygens (including phenoxy) is 2. The number of carbonyl (C=O) groups excluding carboxylic acids is 1. The number of hydrogen-bond donors (Lipinski definition) is 0. The summed E-state index contributed by atoms with van der Waals surface area (Å²) >= 11 is 0. The maximum atomic E-state index is 15.5. The fourth-order valence-electron chi connectivity index (χ4n) is 7.19. The number of Topliss-reactive ketones (excluding diaryl/α,β-unsaturated/α-hetero) is 1. The Morgan fingerprint density at radius 2 is 2.24 bits per heavy atom. The fraction of sp³-hybridized carbons (Fsp3) is 0.333. The molecule has 0 amide bonds. The van der Waals surface area contributed by atoms with Gasteiger partial charge < -0.3 is 19.2 Å². The summed E-state index contributed by atoms with van der Waals surface area (Å²) in [7, 11) is 1.60. The molecule has 5 heterocycles. The van der Waals surface area contributed by atoms with E-state index in [1.54, 1.807) is 7.11 Å². The Morgan fingerprint density at radius 1 is 1.35 bits per heavy atom. The van der Waals surface area contributed by atoms with Crippen molar-refractivity contribution in [2.45, 2.75) is 50.7 Å². The van der Waals surface area contributed by atoms with E-state index in [9.17, 15) is 4.79 Å². The summed E-state index contributed by atoms with van der Waals surface area (Å²) in [5.41, 5.74) is 4.86. The van der Waals surface area contributed by atoms with Gasteiger partial charge in [0.05, 0.1) is 23.7 Å². The number of quaternary nitrogens is 1. The van der Waals surface area contributed by atoms with Crippen molar-refractivity contribution in [3.05, 3.63) is 62.5 Å². The molecule has 2 aromatic rings. The third kappa shape index (κ3) is 1.93. The maximum Gasteiger partial charge on any atom is 0.235 e. The summed E-state index contributed by atoms with van der Waals surface area (Å²) in [6.45, 7) is 2.49. The van der Waals surface area contributed by atoms with Gasteiger partial charge in [0.25, 0.3) is 0 Å². The van der Waals surface area contributed by atoms with Gasteiger partial charge in [0.2, 0.25) is 6.23 Å². The van der Waals surface area contributed by atoms with Crippen molar-refractivity contribution in [2.24, 2.45) is 4.99 Å². The van der Waals surface area contributed by atoms with Crippen molar-refractivity contribution in [2.75, 3.05) is 7.11 Å². The summed E-state index contributed by atoms with van der Waals surface area (Å²) in [5, 5.41) is 18.2. The van der Waals surface area contributed by atoms with E-state index in [1.807, 2.05) is 31.5 Å². The number of benzene rings is 1. The maximum absolute atomic E-state index is 15.5. The van der Waals surface area contributed by atoms with Crippen LogP contribution in [0, 0.1) is 5.21 Å². The number of allylic oxidation sites excluding steroid dienone is 3. The van der Waals surface area contributed by atoms with Crippen LogP contribution in [0.4, 0.5) is 5.69 Å². The second kappa shape index (κ2) is 5.93. The van der Waals surface area contributed by atoms with Crippen LogP contribution in [0.5, 0.6) is 0 Å². The molecule has 0 spiro atoms. The zero-order valence-corrected chi connectivity index (χ0v) is 19.0. The topological polar surface area (TPSA) is 75.9 Å². The summed E-state index contributed by atoms with van der Waals surface area (Å²) in [4.78, 5) is 17.8. The van der Waals surface area contributed by atoms with Crippen molar-refractivity contribution in [1.82, 2.24) is 9.21 Å². The van der Waals surface area contributed by atoms with Gasteiger partial charge in [-0.1, -0.05) is 18.2 Å². The molecule has 0 radical (unpaired) electrons. The molecule has 1 fully saturated rings. The number of hydroxylamine groups is 2. The zero-order chi connectivity index (χ0) is 23.0. The zero-order valence-electron chi connectivity index (χ0n) is 19.0. The molecule has 2 aliphatic carbocycles. The van der Waals surface area contributed by atoms with Crippen LogP contribution in [0.1, 0.15) is 47.7 Å². The predicted molar refractivity (Wildman–Crippen MR) is 130 cm³/mol. The van der Waals surface area contributed by atoms with Crippen LogP contribution in [-0.4, -0.2) is 41.6 Å². The number of aliphatic imine (C=N–C) groups is 1. The minimum absolute atomic E-state index is 0.130. The molecule has 0 N–H and O–H groups in total. The van der Waals surface area contributed by atoms with Gasteiger partial charge in [0.15, 0.2) is 17.1 Å². The molecule has 170 valence electrons. The Morgan fingerprint density at radius 3 is 3.09 bits per heavy atom. The van der Waals surface area contributed by atoms with E-state index in [-0.39, 0.29) is 11.9 Å². The summed E-state index contributed by atoms with van der Waals surface area (Å²) in [5.74, 6) is 0.130. The molecule has 4 atom stereocenters. The largest absolute Gasteiger partial charge is 0.620 e. The molecule has 1 unspecified atom stereocenters. The molecule has 7 nitrogen and oxygen atoms in total. The van der Waals surface area contributed by atoms with Gasteiger partial charge in [-0.25, -0.2) is 0 Å². The highest BCUT2D eigenvalue weighted by molar-refractivity contribution is 6.18. The normalized spacial score (nSPS) is 34.5. The van der Waals surface area contributed by atoms with E-state index in [4.69, 9.17) is 9.47 Å². The highest BCUT2D eigenvalue weighted by Gasteiger charge is 2.59. The van der Waals surface area contributed by atoms with Crippen LogP contribution in [0.25, 0.3) is 28.8 Å². The third-order valence-corrected chi connectivity index (χ3v) is 8.36.